The van der Waals surface area contributed by atoms with Crippen LogP contribution in [0, 0.1) is 11.6 Å². The zero-order valence-corrected chi connectivity index (χ0v) is 21.5. The van der Waals surface area contributed by atoms with Crippen molar-refractivity contribution >= 4 is 26.8 Å². The van der Waals surface area contributed by atoms with E-state index in [0.29, 0.717) is 22.3 Å². The first kappa shape index (κ1) is 25.8. The van der Waals surface area contributed by atoms with Crippen LogP contribution in [0.25, 0.3) is 33.4 Å². The van der Waals surface area contributed by atoms with Crippen LogP contribution in [0.3, 0.4) is 0 Å². The lowest BCUT2D eigenvalue weighted by molar-refractivity contribution is 0.472. The van der Waals surface area contributed by atoms with Gasteiger partial charge in [-0.2, -0.15) is 8.42 Å². The fourth-order valence-electron chi connectivity index (χ4n) is 4.67. The van der Waals surface area contributed by atoms with Crippen molar-refractivity contribution < 1.29 is 26.2 Å². The molecule has 0 atom stereocenters. The van der Waals surface area contributed by atoms with Crippen molar-refractivity contribution in [1.29, 1.82) is 0 Å². The van der Waals surface area contributed by atoms with Crippen molar-refractivity contribution in [3.8, 4) is 22.5 Å². The van der Waals surface area contributed by atoms with Crippen LogP contribution in [0.15, 0.2) is 57.8 Å². The average Bonchev–Trinajstić information content (AvgIpc) is 2.84. The fraction of sp³-hybridized carbons (Fsp3) is 0.296. The number of benzene rings is 3. The molecule has 6 nitrogen and oxygen atoms in total. The first-order valence-corrected chi connectivity index (χ1v) is 13.4. The van der Waals surface area contributed by atoms with E-state index in [9.17, 15) is 13.0 Å². The maximum absolute atomic E-state index is 15.6. The van der Waals surface area contributed by atoms with Gasteiger partial charge in [0.1, 0.15) is 35.1 Å². The Morgan fingerprint density at radius 2 is 1.61 bits per heavy atom. The number of nitrogens with zero attached hydrogens (tertiary/aromatic N) is 2. The van der Waals surface area contributed by atoms with E-state index in [4.69, 9.17) is 4.42 Å². The molecular weight excluding hydrogens is 486 g/mol. The fourth-order valence-corrected chi connectivity index (χ4v) is 5.24. The van der Waals surface area contributed by atoms with Gasteiger partial charge in [-0.1, -0.05) is 0 Å². The molecule has 36 heavy (non-hydrogen) atoms. The molecular formula is C27H29F2N2O4S+. The van der Waals surface area contributed by atoms with E-state index in [1.54, 1.807) is 12.1 Å². The Bertz CT molecular complexity index is 1590. The number of halogens is 2. The second-order valence-electron chi connectivity index (χ2n) is 8.39. The third-order valence-corrected chi connectivity index (χ3v) is 7.40. The third kappa shape index (κ3) is 4.49. The van der Waals surface area contributed by atoms with Crippen LogP contribution >= 0.6 is 0 Å². The predicted octanol–water partition coefficient (Wildman–Crippen LogP) is 5.39. The molecule has 0 spiro atoms. The smallest absolute Gasteiger partial charge is 0.297 e. The zero-order chi connectivity index (χ0) is 26.2. The summed E-state index contributed by atoms with van der Waals surface area (Å²) in [5.74, 6) is -1.91. The highest BCUT2D eigenvalue weighted by Gasteiger charge is 2.28. The van der Waals surface area contributed by atoms with Crippen molar-refractivity contribution in [3.63, 3.8) is 0 Å². The summed E-state index contributed by atoms with van der Waals surface area (Å²) in [5.41, 5.74) is 1.31. The lowest BCUT2D eigenvalue weighted by Crippen LogP contribution is -2.29. The van der Waals surface area contributed by atoms with Crippen LogP contribution in [0.1, 0.15) is 27.7 Å². The monoisotopic (exact) mass is 515 g/mol. The average molecular weight is 516 g/mol. The number of fused-ring (bicyclic) bond motifs is 2. The van der Waals surface area contributed by atoms with E-state index in [1.807, 2.05) is 52.0 Å². The second-order valence-corrected chi connectivity index (χ2v) is 9.78. The van der Waals surface area contributed by atoms with Gasteiger partial charge >= 0.3 is 0 Å². The molecule has 190 valence electrons. The summed E-state index contributed by atoms with van der Waals surface area (Å²) in [6, 6.07) is 12.3. The summed E-state index contributed by atoms with van der Waals surface area (Å²) in [7, 11) is -4.92. The number of hydrogen-bond acceptors (Lipinski definition) is 4. The van der Waals surface area contributed by atoms with Crippen molar-refractivity contribution in [2.24, 2.45) is 0 Å². The molecule has 0 fully saturated rings. The molecule has 1 heterocycles. The Morgan fingerprint density at radius 3 is 2.22 bits per heavy atom. The Labute approximate surface area is 209 Å². The molecule has 1 aliphatic heterocycles. The summed E-state index contributed by atoms with van der Waals surface area (Å²) >= 11 is 0. The van der Waals surface area contributed by atoms with Gasteiger partial charge in [-0.3, -0.25) is 4.55 Å². The Morgan fingerprint density at radius 1 is 0.917 bits per heavy atom. The lowest BCUT2D eigenvalue weighted by atomic mass is 9.92. The summed E-state index contributed by atoms with van der Waals surface area (Å²) in [6.07, 6.45) is 0. The summed E-state index contributed by atoms with van der Waals surface area (Å²) in [5, 5.41) is 1.30. The Balaban J connectivity index is 2.19. The van der Waals surface area contributed by atoms with Crippen LogP contribution in [0.5, 0.6) is 0 Å². The zero-order valence-electron chi connectivity index (χ0n) is 20.7. The maximum Gasteiger partial charge on any atom is 0.297 e. The standard InChI is InChI=1S/C27H28F2N2O4S/c1-5-30(6-2)17-9-11-19-22(15-17)35-23-16-18(31(7-3)8-4)10-12-20(23)25(19)26-21(28)13-14-24(27(26)29)36(32,33)34/h9-16H,5-8H2,1-4H3/p+1. The molecule has 0 saturated heterocycles. The minimum Gasteiger partial charge on any atom is -0.456 e. The molecule has 0 saturated carbocycles. The van der Waals surface area contributed by atoms with Crippen LogP contribution in [-0.4, -0.2) is 39.1 Å². The van der Waals surface area contributed by atoms with Gasteiger partial charge in [0.2, 0.25) is 5.36 Å². The van der Waals surface area contributed by atoms with E-state index in [1.165, 1.54) is 0 Å². The molecule has 9 heteroatoms. The van der Waals surface area contributed by atoms with Gasteiger partial charge in [-0.05, 0) is 58.0 Å². The van der Waals surface area contributed by atoms with Crippen LogP contribution in [0.4, 0.5) is 14.5 Å². The summed E-state index contributed by atoms with van der Waals surface area (Å²) < 4.78 is 72.4. The molecule has 2 aromatic rings. The normalized spacial score (nSPS) is 11.9. The van der Waals surface area contributed by atoms with E-state index in [0.717, 1.165) is 49.4 Å². The highest BCUT2D eigenvalue weighted by atomic mass is 32.2. The first-order valence-electron chi connectivity index (χ1n) is 11.9. The molecule has 1 aliphatic carbocycles. The second kappa shape index (κ2) is 9.99. The molecule has 2 aromatic carbocycles. The van der Waals surface area contributed by atoms with Gasteiger partial charge < -0.3 is 9.32 Å². The first-order chi connectivity index (χ1) is 17.1. The Kier molecular flexibility index (Phi) is 7.15. The Hall–Kier alpha value is -3.30. The molecule has 2 aliphatic rings. The highest BCUT2D eigenvalue weighted by molar-refractivity contribution is 7.85. The SMILES string of the molecule is CCN(CC)c1ccc2c(-c3c(F)ccc(S(=O)(=O)O)c3F)c3ccc(=[N+](CC)CC)cc-3oc2c1. The molecule has 0 unspecified atom stereocenters. The third-order valence-electron chi connectivity index (χ3n) is 6.53. The topological polar surface area (TPSA) is 73.8 Å². The van der Waals surface area contributed by atoms with Crippen LogP contribution in [-0.2, 0) is 10.1 Å². The number of anilines is 1. The maximum atomic E-state index is 15.6. The molecule has 0 bridgehead atoms. The molecule has 4 rings (SSSR count). The van der Waals surface area contributed by atoms with Gasteiger partial charge in [-0.25, -0.2) is 13.4 Å². The van der Waals surface area contributed by atoms with Crippen molar-refractivity contribution in [2.45, 2.75) is 32.6 Å². The largest absolute Gasteiger partial charge is 0.456 e. The molecule has 1 N–H and O–H groups in total. The van der Waals surface area contributed by atoms with E-state index < -0.39 is 32.2 Å². The van der Waals surface area contributed by atoms with Crippen LogP contribution < -0.4 is 14.8 Å². The quantitative estimate of drug-likeness (QED) is 0.203. The van der Waals surface area contributed by atoms with E-state index in [2.05, 4.69) is 9.48 Å². The van der Waals surface area contributed by atoms with Crippen molar-refractivity contribution in [1.82, 2.24) is 4.58 Å². The van der Waals surface area contributed by atoms with E-state index in [-0.39, 0.29) is 5.56 Å². The summed E-state index contributed by atoms with van der Waals surface area (Å²) in [4.78, 5) is 1.13. The van der Waals surface area contributed by atoms with Crippen LogP contribution in [0.2, 0.25) is 0 Å². The predicted molar refractivity (Wildman–Crippen MR) is 138 cm³/mol. The van der Waals surface area contributed by atoms with E-state index >= 15 is 8.78 Å². The van der Waals surface area contributed by atoms with Crippen molar-refractivity contribution in [2.75, 3.05) is 31.1 Å². The number of rotatable bonds is 7. The molecule has 0 aromatic heterocycles. The van der Waals surface area contributed by atoms with Gasteiger partial charge in [0.05, 0.1) is 11.6 Å². The molecule has 0 radical (unpaired) electrons. The lowest BCUT2D eigenvalue weighted by Gasteiger charge is -2.22. The number of hydrogen-bond donors (Lipinski definition) is 1. The minimum atomic E-state index is -4.92. The van der Waals surface area contributed by atoms with Gasteiger partial charge in [0, 0.05) is 47.4 Å². The van der Waals surface area contributed by atoms with Crippen molar-refractivity contribution in [3.05, 3.63) is 65.5 Å². The molecule has 0 amide bonds. The van der Waals surface area contributed by atoms with Gasteiger partial charge in [0.25, 0.3) is 10.1 Å². The van der Waals surface area contributed by atoms with Gasteiger partial charge in [0.15, 0.2) is 5.82 Å². The minimum absolute atomic E-state index is 0.156. The highest BCUT2D eigenvalue weighted by Crippen LogP contribution is 2.43. The summed E-state index contributed by atoms with van der Waals surface area (Å²) in [6.45, 7) is 11.1. The van der Waals surface area contributed by atoms with Gasteiger partial charge in [-0.15, -0.1) is 0 Å².